The van der Waals surface area contributed by atoms with Gasteiger partial charge in [0.15, 0.2) is 0 Å². The van der Waals surface area contributed by atoms with Gasteiger partial charge in [0, 0.05) is 12.6 Å². The SMILES string of the molecule is O=C(O)c1cc2c(o1)NCC(c1ccco1)S2. The molecule has 0 aliphatic carbocycles. The Morgan fingerprint density at radius 3 is 3.18 bits per heavy atom. The molecule has 3 rings (SSSR count). The van der Waals surface area contributed by atoms with E-state index in [0.29, 0.717) is 12.4 Å². The molecular formula is C11H9NO4S. The molecule has 2 N–H and O–H groups in total. The molecule has 6 heteroatoms. The number of furan rings is 2. The molecule has 3 heterocycles. The van der Waals surface area contributed by atoms with Crippen LogP contribution in [0.2, 0.25) is 0 Å². The van der Waals surface area contributed by atoms with Crippen LogP contribution in [0.25, 0.3) is 0 Å². The molecule has 0 bridgehead atoms. The number of anilines is 1. The van der Waals surface area contributed by atoms with Crippen LogP contribution < -0.4 is 5.32 Å². The van der Waals surface area contributed by atoms with Gasteiger partial charge in [-0.05, 0) is 12.1 Å². The topological polar surface area (TPSA) is 75.6 Å². The van der Waals surface area contributed by atoms with Crippen LogP contribution in [0.15, 0.2) is 38.2 Å². The van der Waals surface area contributed by atoms with E-state index in [1.54, 1.807) is 6.26 Å². The standard InChI is InChI=1S/C11H9NO4S/c13-11(14)7-4-8-10(16-7)12-5-9(17-8)6-2-1-3-15-6/h1-4,9,12H,5H2,(H,13,14). The van der Waals surface area contributed by atoms with Gasteiger partial charge in [0.1, 0.15) is 5.76 Å². The van der Waals surface area contributed by atoms with Gasteiger partial charge in [-0.2, -0.15) is 0 Å². The summed E-state index contributed by atoms with van der Waals surface area (Å²) in [7, 11) is 0. The van der Waals surface area contributed by atoms with Crippen molar-refractivity contribution in [3.05, 3.63) is 36.0 Å². The fourth-order valence-electron chi connectivity index (χ4n) is 1.70. The van der Waals surface area contributed by atoms with Crippen LogP contribution in [0, 0.1) is 0 Å². The summed E-state index contributed by atoms with van der Waals surface area (Å²) >= 11 is 1.54. The highest BCUT2D eigenvalue weighted by Crippen LogP contribution is 2.44. The van der Waals surface area contributed by atoms with Crippen molar-refractivity contribution in [3.63, 3.8) is 0 Å². The number of hydrogen-bond donors (Lipinski definition) is 2. The Bertz CT molecular complexity index is 546. The number of carbonyl (C=O) groups is 1. The van der Waals surface area contributed by atoms with E-state index < -0.39 is 5.97 Å². The van der Waals surface area contributed by atoms with Crippen LogP contribution >= 0.6 is 11.8 Å². The highest BCUT2D eigenvalue weighted by atomic mass is 32.2. The summed E-state index contributed by atoms with van der Waals surface area (Å²) in [6, 6.07) is 5.27. The Morgan fingerprint density at radius 2 is 2.47 bits per heavy atom. The Labute approximate surface area is 101 Å². The van der Waals surface area contributed by atoms with Crippen LogP contribution in [0.5, 0.6) is 0 Å². The van der Waals surface area contributed by atoms with E-state index >= 15 is 0 Å². The molecule has 5 nitrogen and oxygen atoms in total. The van der Waals surface area contributed by atoms with Gasteiger partial charge in [-0.15, -0.1) is 11.8 Å². The number of carboxylic acid groups (broad SMARTS) is 1. The smallest absolute Gasteiger partial charge is 0.371 e. The third-order valence-corrected chi connectivity index (χ3v) is 3.73. The lowest BCUT2D eigenvalue weighted by atomic mass is 10.3. The highest BCUT2D eigenvalue weighted by Gasteiger charge is 2.27. The van der Waals surface area contributed by atoms with E-state index in [4.69, 9.17) is 13.9 Å². The zero-order chi connectivity index (χ0) is 11.8. The maximum Gasteiger partial charge on any atom is 0.371 e. The first-order valence-corrected chi connectivity index (χ1v) is 5.93. The average Bonchev–Trinajstić information content (AvgIpc) is 2.97. The number of carboxylic acids is 1. The summed E-state index contributed by atoms with van der Waals surface area (Å²) in [5, 5.41) is 12.0. The quantitative estimate of drug-likeness (QED) is 0.854. The summed E-state index contributed by atoms with van der Waals surface area (Å²) < 4.78 is 10.5. The highest BCUT2D eigenvalue weighted by molar-refractivity contribution is 7.99. The minimum atomic E-state index is -1.06. The van der Waals surface area contributed by atoms with Crippen LogP contribution in [0.1, 0.15) is 21.6 Å². The minimum Gasteiger partial charge on any atom is -0.475 e. The lowest BCUT2D eigenvalue weighted by molar-refractivity contribution is 0.0663. The molecule has 0 aromatic carbocycles. The number of fused-ring (bicyclic) bond motifs is 1. The third-order valence-electron chi connectivity index (χ3n) is 2.49. The molecule has 0 amide bonds. The predicted molar refractivity (Wildman–Crippen MR) is 61.5 cm³/mol. The Morgan fingerprint density at radius 1 is 1.59 bits per heavy atom. The van der Waals surface area contributed by atoms with Gasteiger partial charge in [0.25, 0.3) is 0 Å². The van der Waals surface area contributed by atoms with E-state index in [0.717, 1.165) is 10.7 Å². The third kappa shape index (κ3) is 1.80. The van der Waals surface area contributed by atoms with Crippen molar-refractivity contribution < 1.29 is 18.7 Å². The maximum atomic E-state index is 10.8. The van der Waals surface area contributed by atoms with Gasteiger partial charge in [0.05, 0.1) is 16.4 Å². The molecule has 1 aliphatic heterocycles. The van der Waals surface area contributed by atoms with Crippen molar-refractivity contribution in [2.45, 2.75) is 10.1 Å². The van der Waals surface area contributed by atoms with E-state index in [1.165, 1.54) is 17.8 Å². The predicted octanol–water partition coefficient (Wildman–Crippen LogP) is 2.83. The Kier molecular flexibility index (Phi) is 2.36. The normalized spacial score (nSPS) is 18.5. The largest absolute Gasteiger partial charge is 0.475 e. The van der Waals surface area contributed by atoms with Crippen LogP contribution in [-0.4, -0.2) is 17.6 Å². The zero-order valence-corrected chi connectivity index (χ0v) is 9.49. The van der Waals surface area contributed by atoms with Gasteiger partial charge < -0.3 is 19.3 Å². The molecule has 1 atom stereocenters. The zero-order valence-electron chi connectivity index (χ0n) is 8.67. The number of hydrogen-bond acceptors (Lipinski definition) is 5. The van der Waals surface area contributed by atoms with Gasteiger partial charge >= 0.3 is 5.97 Å². The summed E-state index contributed by atoms with van der Waals surface area (Å²) in [4.78, 5) is 11.6. The number of thioether (sulfide) groups is 1. The van der Waals surface area contributed by atoms with Crippen LogP contribution in [-0.2, 0) is 0 Å². The Balaban J connectivity index is 1.88. The second kappa shape index (κ2) is 3.89. The first-order valence-electron chi connectivity index (χ1n) is 5.05. The molecule has 0 saturated heterocycles. The van der Waals surface area contributed by atoms with E-state index in [1.807, 2.05) is 12.1 Å². The molecule has 88 valence electrons. The fourth-order valence-corrected chi connectivity index (χ4v) is 2.82. The van der Waals surface area contributed by atoms with E-state index in [-0.39, 0.29) is 11.0 Å². The van der Waals surface area contributed by atoms with E-state index in [2.05, 4.69) is 5.32 Å². The van der Waals surface area contributed by atoms with Crippen molar-refractivity contribution in [2.24, 2.45) is 0 Å². The second-order valence-corrected chi connectivity index (χ2v) is 4.86. The van der Waals surface area contributed by atoms with Crippen LogP contribution in [0.4, 0.5) is 5.88 Å². The molecular weight excluding hydrogens is 242 g/mol. The number of aromatic carboxylic acids is 1. The van der Waals surface area contributed by atoms with E-state index in [9.17, 15) is 4.79 Å². The summed E-state index contributed by atoms with van der Waals surface area (Å²) in [5.41, 5.74) is 0. The van der Waals surface area contributed by atoms with Gasteiger partial charge in [-0.25, -0.2) is 4.79 Å². The average molecular weight is 251 g/mol. The molecule has 2 aromatic rings. The number of nitrogens with one attached hydrogen (secondary N) is 1. The maximum absolute atomic E-state index is 10.8. The minimum absolute atomic E-state index is 0.0462. The lowest BCUT2D eigenvalue weighted by Crippen LogP contribution is -2.13. The molecule has 1 unspecified atom stereocenters. The lowest BCUT2D eigenvalue weighted by Gasteiger charge is -2.19. The summed E-state index contributed by atoms with van der Waals surface area (Å²) in [5.74, 6) is 0.285. The second-order valence-electron chi connectivity index (χ2n) is 3.61. The molecule has 0 spiro atoms. The van der Waals surface area contributed by atoms with Crippen LogP contribution in [0.3, 0.4) is 0 Å². The molecule has 2 aromatic heterocycles. The van der Waals surface area contributed by atoms with Gasteiger partial charge in [0.2, 0.25) is 11.6 Å². The molecule has 1 aliphatic rings. The van der Waals surface area contributed by atoms with Crippen molar-refractivity contribution >= 4 is 23.6 Å². The molecule has 0 radical (unpaired) electrons. The first kappa shape index (κ1) is 10.3. The Hall–Kier alpha value is -1.82. The van der Waals surface area contributed by atoms with Crippen molar-refractivity contribution in [1.82, 2.24) is 0 Å². The van der Waals surface area contributed by atoms with Crippen molar-refractivity contribution in [3.8, 4) is 0 Å². The monoisotopic (exact) mass is 251 g/mol. The molecule has 17 heavy (non-hydrogen) atoms. The summed E-state index contributed by atoms with van der Waals surface area (Å²) in [6.07, 6.45) is 1.63. The fraction of sp³-hybridized carbons (Fsp3) is 0.182. The van der Waals surface area contributed by atoms with Crippen molar-refractivity contribution in [1.29, 1.82) is 0 Å². The van der Waals surface area contributed by atoms with Gasteiger partial charge in [-0.3, -0.25) is 0 Å². The number of rotatable bonds is 2. The van der Waals surface area contributed by atoms with Gasteiger partial charge in [-0.1, -0.05) is 0 Å². The van der Waals surface area contributed by atoms with Crippen molar-refractivity contribution in [2.75, 3.05) is 11.9 Å². The molecule has 0 fully saturated rings. The first-order chi connectivity index (χ1) is 8.24. The summed E-state index contributed by atoms with van der Waals surface area (Å²) in [6.45, 7) is 0.651. The molecule has 0 saturated carbocycles.